The predicted octanol–water partition coefficient (Wildman–Crippen LogP) is 3.87. The van der Waals surface area contributed by atoms with Crippen LogP contribution in [0.25, 0.3) is 0 Å². The van der Waals surface area contributed by atoms with Crippen LogP contribution >= 0.6 is 0 Å². The summed E-state index contributed by atoms with van der Waals surface area (Å²) in [5.41, 5.74) is -1.56. The zero-order chi connectivity index (χ0) is 25.6. The van der Waals surface area contributed by atoms with Gasteiger partial charge in [0.2, 0.25) is 5.78 Å². The highest BCUT2D eigenvalue weighted by Crippen LogP contribution is 2.67. The van der Waals surface area contributed by atoms with Crippen molar-refractivity contribution in [3.05, 3.63) is 23.8 Å². The second kappa shape index (κ2) is 9.30. The summed E-state index contributed by atoms with van der Waals surface area (Å²) >= 11 is 0. The van der Waals surface area contributed by atoms with E-state index in [1.165, 1.54) is 6.92 Å². The molecule has 0 aromatic rings. The minimum absolute atomic E-state index is 0.0130. The van der Waals surface area contributed by atoms with Crippen molar-refractivity contribution >= 4 is 23.5 Å². The van der Waals surface area contributed by atoms with E-state index in [9.17, 15) is 24.3 Å². The van der Waals surface area contributed by atoms with Crippen molar-refractivity contribution in [1.82, 2.24) is 0 Å². The van der Waals surface area contributed by atoms with Gasteiger partial charge in [-0.3, -0.25) is 19.2 Å². The summed E-state index contributed by atoms with van der Waals surface area (Å²) in [6.07, 6.45) is 9.17. The van der Waals surface area contributed by atoms with Gasteiger partial charge in [0.05, 0.1) is 6.10 Å². The van der Waals surface area contributed by atoms with E-state index in [-0.39, 0.29) is 30.0 Å². The maximum absolute atomic E-state index is 13.6. The Hall–Kier alpha value is -2.28. The van der Waals surface area contributed by atoms with Gasteiger partial charge in [0, 0.05) is 30.1 Å². The van der Waals surface area contributed by atoms with Crippen LogP contribution in [0.2, 0.25) is 0 Å². The number of allylic oxidation sites excluding steroid dienone is 4. The summed E-state index contributed by atoms with van der Waals surface area (Å²) in [4.78, 5) is 50.0. The molecule has 4 rings (SSSR count). The number of ether oxygens (including phenoxy) is 2. The average molecular weight is 487 g/mol. The fourth-order valence-corrected chi connectivity index (χ4v) is 7.85. The van der Waals surface area contributed by atoms with E-state index in [2.05, 4.69) is 6.92 Å². The molecule has 3 saturated carbocycles. The van der Waals surface area contributed by atoms with E-state index in [1.807, 2.05) is 19.9 Å². The first-order chi connectivity index (χ1) is 16.5. The standard InChI is InChI=1S/C28H38O7/c1-5-6-7-24(33)35-28(23(32)16-34-17(2)29)13-11-21-20-9-8-18-14-19(30)10-12-26(18,3)25(20)22(31)15-27(21,28)4/h10,12,14,20-22,25,31H,5-9,11,13,15-16H2,1-4H3/t20-,21+,22-,25-,26-,27+,28-/m0/s1. The Morgan fingerprint density at radius 3 is 2.63 bits per heavy atom. The molecule has 0 heterocycles. The van der Waals surface area contributed by atoms with Gasteiger partial charge in [0.25, 0.3) is 0 Å². The Morgan fingerprint density at radius 1 is 1.20 bits per heavy atom. The normalized spacial score (nSPS) is 39.7. The average Bonchev–Trinajstić information content (AvgIpc) is 3.08. The van der Waals surface area contributed by atoms with Crippen LogP contribution in [0.15, 0.2) is 23.8 Å². The summed E-state index contributed by atoms with van der Waals surface area (Å²) in [5, 5.41) is 11.6. The van der Waals surface area contributed by atoms with Crippen LogP contribution in [0.3, 0.4) is 0 Å². The van der Waals surface area contributed by atoms with Crippen LogP contribution in [0.1, 0.15) is 79.1 Å². The molecule has 0 aromatic heterocycles. The number of esters is 2. The number of aliphatic hydroxyl groups excluding tert-OH is 1. The molecule has 3 fully saturated rings. The van der Waals surface area contributed by atoms with Gasteiger partial charge in [-0.05, 0) is 62.5 Å². The summed E-state index contributed by atoms with van der Waals surface area (Å²) in [5.74, 6) is -1.31. The summed E-state index contributed by atoms with van der Waals surface area (Å²) in [6, 6.07) is 0. The smallest absolute Gasteiger partial charge is 0.306 e. The largest absolute Gasteiger partial charge is 0.458 e. The molecular formula is C28H38O7. The molecule has 192 valence electrons. The van der Waals surface area contributed by atoms with Crippen LogP contribution in [-0.4, -0.2) is 46.9 Å². The molecule has 0 aliphatic heterocycles. The third kappa shape index (κ3) is 4.09. The van der Waals surface area contributed by atoms with Gasteiger partial charge in [-0.1, -0.05) is 38.8 Å². The highest BCUT2D eigenvalue weighted by molar-refractivity contribution is 6.01. The van der Waals surface area contributed by atoms with E-state index in [1.54, 1.807) is 12.2 Å². The van der Waals surface area contributed by atoms with Crippen molar-refractivity contribution in [3.63, 3.8) is 0 Å². The van der Waals surface area contributed by atoms with Gasteiger partial charge in [0.15, 0.2) is 18.0 Å². The molecular weight excluding hydrogens is 448 g/mol. The van der Waals surface area contributed by atoms with Crippen molar-refractivity contribution in [2.45, 2.75) is 90.8 Å². The number of hydrogen-bond acceptors (Lipinski definition) is 7. The second-order valence-corrected chi connectivity index (χ2v) is 11.4. The maximum Gasteiger partial charge on any atom is 0.306 e. The lowest BCUT2D eigenvalue weighted by molar-refractivity contribution is -0.201. The first kappa shape index (κ1) is 25.8. The van der Waals surface area contributed by atoms with Crippen LogP contribution in [-0.2, 0) is 28.7 Å². The molecule has 0 bridgehead atoms. The Morgan fingerprint density at radius 2 is 1.94 bits per heavy atom. The van der Waals surface area contributed by atoms with Gasteiger partial charge in [0.1, 0.15) is 0 Å². The SMILES string of the molecule is CCCCC(=O)O[C@]1(C(=O)COC(C)=O)CC[C@@H]2[C@@H]3CCC4=CC(=O)C=C[C@]4(C)[C@@H]3[C@@H](O)C[C@]21C. The molecule has 0 spiro atoms. The topological polar surface area (TPSA) is 107 Å². The van der Waals surface area contributed by atoms with Crippen LogP contribution < -0.4 is 0 Å². The van der Waals surface area contributed by atoms with Crippen molar-refractivity contribution in [2.24, 2.45) is 28.6 Å². The summed E-state index contributed by atoms with van der Waals surface area (Å²) in [7, 11) is 0. The third-order valence-electron chi connectivity index (χ3n) is 9.50. The van der Waals surface area contributed by atoms with Gasteiger partial charge in [-0.25, -0.2) is 0 Å². The maximum atomic E-state index is 13.6. The molecule has 0 radical (unpaired) electrons. The second-order valence-electron chi connectivity index (χ2n) is 11.4. The molecule has 1 N–H and O–H groups in total. The number of carbonyl (C=O) groups excluding carboxylic acids is 4. The van der Waals surface area contributed by atoms with Crippen LogP contribution in [0.4, 0.5) is 0 Å². The lowest BCUT2D eigenvalue weighted by Gasteiger charge is -2.59. The number of unbranched alkanes of at least 4 members (excludes halogenated alkanes) is 1. The number of fused-ring (bicyclic) bond motifs is 5. The van der Waals surface area contributed by atoms with E-state index in [0.29, 0.717) is 25.7 Å². The molecule has 0 unspecified atom stereocenters. The summed E-state index contributed by atoms with van der Waals surface area (Å²) < 4.78 is 11.1. The first-order valence-corrected chi connectivity index (χ1v) is 13.0. The van der Waals surface area contributed by atoms with Gasteiger partial charge in [-0.15, -0.1) is 0 Å². The van der Waals surface area contributed by atoms with E-state index in [4.69, 9.17) is 9.47 Å². The third-order valence-corrected chi connectivity index (χ3v) is 9.50. The number of carbonyl (C=O) groups is 4. The zero-order valence-electron chi connectivity index (χ0n) is 21.3. The number of aliphatic hydroxyl groups is 1. The highest BCUT2D eigenvalue weighted by atomic mass is 16.6. The number of rotatable bonds is 7. The monoisotopic (exact) mass is 486 g/mol. The molecule has 0 aromatic carbocycles. The molecule has 0 saturated heterocycles. The Bertz CT molecular complexity index is 980. The lowest BCUT2D eigenvalue weighted by atomic mass is 9.46. The minimum Gasteiger partial charge on any atom is -0.458 e. The fourth-order valence-electron chi connectivity index (χ4n) is 7.85. The Kier molecular flexibility index (Phi) is 6.86. The molecule has 4 aliphatic carbocycles. The van der Waals surface area contributed by atoms with Crippen LogP contribution in [0.5, 0.6) is 0 Å². The summed E-state index contributed by atoms with van der Waals surface area (Å²) in [6.45, 7) is 6.86. The van der Waals surface area contributed by atoms with Gasteiger partial charge >= 0.3 is 11.9 Å². The quantitative estimate of drug-likeness (QED) is 0.544. The molecule has 7 nitrogen and oxygen atoms in total. The molecule has 7 heteroatoms. The molecule has 4 aliphatic rings. The fraction of sp³-hybridized carbons (Fsp3) is 0.714. The highest BCUT2D eigenvalue weighted by Gasteiger charge is 2.70. The van der Waals surface area contributed by atoms with Gasteiger partial charge < -0.3 is 14.6 Å². The number of Topliss-reactive ketones (excluding diaryl/α,β-unsaturated/α-hetero) is 1. The number of hydrogen-bond donors (Lipinski definition) is 1. The van der Waals surface area contributed by atoms with Crippen molar-refractivity contribution < 1.29 is 33.8 Å². The Labute approximate surface area is 207 Å². The minimum atomic E-state index is -1.43. The molecule has 7 atom stereocenters. The van der Waals surface area contributed by atoms with E-state index in [0.717, 1.165) is 24.8 Å². The Balaban J connectivity index is 1.70. The predicted molar refractivity (Wildman–Crippen MR) is 128 cm³/mol. The van der Waals surface area contributed by atoms with Crippen molar-refractivity contribution in [2.75, 3.05) is 6.61 Å². The van der Waals surface area contributed by atoms with E-state index < -0.39 is 46.9 Å². The van der Waals surface area contributed by atoms with Crippen molar-refractivity contribution in [1.29, 1.82) is 0 Å². The lowest BCUT2D eigenvalue weighted by Crippen LogP contribution is -2.63. The van der Waals surface area contributed by atoms with Crippen LogP contribution in [0, 0.1) is 28.6 Å². The first-order valence-electron chi connectivity index (χ1n) is 13.0. The number of ketones is 2. The van der Waals surface area contributed by atoms with Gasteiger partial charge in [-0.2, -0.15) is 0 Å². The zero-order valence-corrected chi connectivity index (χ0v) is 21.3. The molecule has 35 heavy (non-hydrogen) atoms. The van der Waals surface area contributed by atoms with E-state index >= 15 is 0 Å². The van der Waals surface area contributed by atoms with Crippen molar-refractivity contribution in [3.8, 4) is 0 Å². The molecule has 0 amide bonds.